The first-order valence-corrected chi connectivity index (χ1v) is 7.58. The number of esters is 1. The molecule has 0 amide bonds. The van der Waals surface area contributed by atoms with E-state index in [4.69, 9.17) is 13.0 Å². The quantitative estimate of drug-likeness (QED) is 0.356. The van der Waals surface area contributed by atoms with Gasteiger partial charge in [0.1, 0.15) is 6.54 Å². The Bertz CT molecular complexity index is 636. The molecule has 1 rings (SSSR count). The van der Waals surface area contributed by atoms with E-state index in [9.17, 15) is 18.0 Å². The van der Waals surface area contributed by atoms with Crippen LogP contribution in [0.25, 0.3) is 0 Å². The highest BCUT2D eigenvalue weighted by molar-refractivity contribution is 7.86. The van der Waals surface area contributed by atoms with Crippen LogP contribution in [0.5, 0.6) is 0 Å². The van der Waals surface area contributed by atoms with Gasteiger partial charge in [0.15, 0.2) is 10.1 Å². The van der Waals surface area contributed by atoms with Crippen molar-refractivity contribution in [3.8, 4) is 0 Å². The van der Waals surface area contributed by atoms with Gasteiger partial charge in [-0.1, -0.05) is 12.1 Å². The maximum absolute atomic E-state index is 11.3. The van der Waals surface area contributed by atoms with Crippen molar-refractivity contribution >= 4 is 16.1 Å². The van der Waals surface area contributed by atoms with Crippen LogP contribution in [0.4, 0.5) is 13.2 Å². The van der Waals surface area contributed by atoms with Crippen LogP contribution in [-0.4, -0.2) is 57.2 Å². The molecule has 10 heteroatoms. The van der Waals surface area contributed by atoms with Gasteiger partial charge in [-0.05, 0) is 12.1 Å². The zero-order valence-electron chi connectivity index (χ0n) is 13.0. The summed E-state index contributed by atoms with van der Waals surface area (Å²) in [5.41, 5.74) is -3.89. The molecule has 0 unspecified atom stereocenters. The van der Waals surface area contributed by atoms with E-state index in [2.05, 4.69) is 25.9 Å². The number of methoxy groups -OCH3 is 1. The van der Waals surface area contributed by atoms with Gasteiger partial charge in [-0.3, -0.25) is 0 Å². The van der Waals surface area contributed by atoms with Crippen LogP contribution in [0, 0.1) is 0 Å². The maximum atomic E-state index is 11.3. The van der Waals surface area contributed by atoms with E-state index in [-0.39, 0.29) is 5.97 Å². The van der Waals surface area contributed by atoms with Crippen LogP contribution < -0.4 is 0 Å². The monoisotopic (exact) mass is 357 g/mol. The Labute approximate surface area is 132 Å². The van der Waals surface area contributed by atoms with Crippen molar-refractivity contribution in [3.63, 3.8) is 0 Å². The predicted molar refractivity (Wildman–Crippen MR) is 75.3 cm³/mol. The number of nitrogens with zero attached hydrogens (tertiary/aromatic N) is 1. The van der Waals surface area contributed by atoms with E-state index in [1.165, 1.54) is 7.11 Å². The van der Waals surface area contributed by atoms with Crippen molar-refractivity contribution in [2.45, 2.75) is 12.1 Å². The number of carbonyl (C=O) groups excluding carboxylic acids is 1. The van der Waals surface area contributed by atoms with Gasteiger partial charge in [0.05, 0.1) is 33.8 Å². The van der Waals surface area contributed by atoms with Crippen molar-refractivity contribution < 1.29 is 40.2 Å². The average Bonchev–Trinajstić information content (AvgIpc) is 2.34. The molecule has 0 saturated heterocycles. The fourth-order valence-electron chi connectivity index (χ4n) is 1.46. The standard InChI is InChI=1S/C12H18NO2.CHF3O3S/c1-13(2,3)9-10-6-5-7-11(8-10)12(14)15-4;2-1(3,4)8(5,6)7/h5-8H,9H2,1-4H3;(H,5,6,7)/q+1;/p-1. The van der Waals surface area contributed by atoms with Gasteiger partial charge in [0.2, 0.25) is 0 Å². The Kier molecular flexibility index (Phi) is 7.20. The number of ether oxygens (including phenoxy) is 1. The molecule has 0 aromatic heterocycles. The number of hydrogen-bond acceptors (Lipinski definition) is 5. The number of rotatable bonds is 3. The number of quaternary nitrogens is 1. The minimum absolute atomic E-state index is 0.279. The Balaban J connectivity index is 0.000000515. The lowest BCUT2D eigenvalue weighted by Crippen LogP contribution is -2.33. The van der Waals surface area contributed by atoms with Gasteiger partial charge in [0, 0.05) is 5.56 Å². The molecule has 0 saturated carbocycles. The van der Waals surface area contributed by atoms with Gasteiger partial charge in [0.25, 0.3) is 0 Å². The van der Waals surface area contributed by atoms with Crippen molar-refractivity contribution in [1.29, 1.82) is 0 Å². The summed E-state index contributed by atoms with van der Waals surface area (Å²) in [4.78, 5) is 11.3. The fraction of sp³-hybridized carbons (Fsp3) is 0.462. The van der Waals surface area contributed by atoms with E-state index in [0.717, 1.165) is 16.6 Å². The van der Waals surface area contributed by atoms with E-state index in [0.29, 0.717) is 5.56 Å². The Morgan fingerprint density at radius 1 is 1.26 bits per heavy atom. The molecule has 132 valence electrons. The topological polar surface area (TPSA) is 83.5 Å². The second-order valence-electron chi connectivity index (χ2n) is 5.54. The number of benzene rings is 1. The van der Waals surface area contributed by atoms with Crippen LogP contribution >= 0.6 is 0 Å². The Morgan fingerprint density at radius 3 is 2.09 bits per heavy atom. The highest BCUT2D eigenvalue weighted by atomic mass is 32.2. The largest absolute Gasteiger partial charge is 0.741 e. The number of hydrogen-bond donors (Lipinski definition) is 0. The average molecular weight is 357 g/mol. The third-order valence-electron chi connectivity index (χ3n) is 2.29. The summed E-state index contributed by atoms with van der Waals surface area (Å²) in [6, 6.07) is 7.56. The van der Waals surface area contributed by atoms with Crippen molar-refractivity contribution in [2.75, 3.05) is 28.3 Å². The summed E-state index contributed by atoms with van der Waals surface area (Å²) in [5, 5.41) is 0. The first-order chi connectivity index (χ1) is 10.2. The normalized spacial score (nSPS) is 12.2. The van der Waals surface area contributed by atoms with Crippen LogP contribution in [-0.2, 0) is 21.4 Å². The van der Waals surface area contributed by atoms with E-state index >= 15 is 0 Å². The van der Waals surface area contributed by atoms with Gasteiger partial charge in [-0.25, -0.2) is 13.2 Å². The third kappa shape index (κ3) is 8.53. The summed E-state index contributed by atoms with van der Waals surface area (Å²) in [7, 11) is 1.66. The molecular formula is C13H18F3NO5S. The number of alkyl halides is 3. The molecule has 0 bridgehead atoms. The van der Waals surface area contributed by atoms with Crippen LogP contribution in [0.3, 0.4) is 0 Å². The molecule has 1 aromatic rings. The second kappa shape index (κ2) is 7.75. The molecule has 0 aliphatic rings. The minimum atomic E-state index is -6.09. The molecule has 6 nitrogen and oxygen atoms in total. The highest BCUT2D eigenvalue weighted by Gasteiger charge is 2.36. The highest BCUT2D eigenvalue weighted by Crippen LogP contribution is 2.20. The van der Waals surface area contributed by atoms with E-state index in [1.807, 2.05) is 18.2 Å². The van der Waals surface area contributed by atoms with Crippen LogP contribution in [0.2, 0.25) is 0 Å². The predicted octanol–water partition coefficient (Wildman–Crippen LogP) is 1.73. The van der Waals surface area contributed by atoms with Crippen molar-refractivity contribution in [1.82, 2.24) is 0 Å². The Morgan fingerprint density at radius 2 is 1.74 bits per heavy atom. The van der Waals surface area contributed by atoms with Gasteiger partial charge >= 0.3 is 11.5 Å². The smallest absolute Gasteiger partial charge is 0.485 e. The molecule has 0 N–H and O–H groups in total. The summed E-state index contributed by atoms with van der Waals surface area (Å²) in [6.45, 7) is 0.894. The van der Waals surface area contributed by atoms with Gasteiger partial charge < -0.3 is 13.8 Å². The number of carbonyl (C=O) groups is 1. The van der Waals surface area contributed by atoms with Crippen molar-refractivity contribution in [2.24, 2.45) is 0 Å². The first kappa shape index (κ1) is 21.4. The molecule has 0 radical (unpaired) electrons. The van der Waals surface area contributed by atoms with E-state index < -0.39 is 15.6 Å². The number of halogens is 3. The molecule has 0 atom stereocenters. The Hall–Kier alpha value is -1.65. The third-order valence-corrected chi connectivity index (χ3v) is 2.86. The first-order valence-electron chi connectivity index (χ1n) is 6.17. The van der Waals surface area contributed by atoms with Crippen molar-refractivity contribution in [3.05, 3.63) is 35.4 Å². The summed E-state index contributed by atoms with van der Waals surface area (Å²) >= 11 is 0. The summed E-state index contributed by atoms with van der Waals surface area (Å²) < 4.78 is 64.4. The molecule has 0 fully saturated rings. The molecule has 0 heterocycles. The molecule has 0 spiro atoms. The summed E-state index contributed by atoms with van der Waals surface area (Å²) in [6.07, 6.45) is 0. The lowest BCUT2D eigenvalue weighted by atomic mass is 10.1. The molecule has 0 aliphatic heterocycles. The zero-order chi connectivity index (χ0) is 18.5. The van der Waals surface area contributed by atoms with Crippen LogP contribution in [0.1, 0.15) is 15.9 Å². The lowest BCUT2D eigenvalue weighted by molar-refractivity contribution is -0.884. The second-order valence-corrected chi connectivity index (χ2v) is 6.91. The minimum Gasteiger partial charge on any atom is -0.741 e. The molecule has 23 heavy (non-hydrogen) atoms. The maximum Gasteiger partial charge on any atom is 0.485 e. The fourth-order valence-corrected chi connectivity index (χ4v) is 1.46. The zero-order valence-corrected chi connectivity index (χ0v) is 13.9. The molecule has 0 aliphatic carbocycles. The molecule has 1 aromatic carbocycles. The van der Waals surface area contributed by atoms with Gasteiger partial charge in [-0.15, -0.1) is 0 Å². The van der Waals surface area contributed by atoms with Crippen LogP contribution in [0.15, 0.2) is 24.3 Å². The SMILES string of the molecule is COC(=O)c1cccc(C[N+](C)(C)C)c1.O=S(=O)([O-])C(F)(F)F. The van der Waals surface area contributed by atoms with E-state index in [1.54, 1.807) is 6.07 Å². The molecular weight excluding hydrogens is 339 g/mol. The lowest BCUT2D eigenvalue weighted by Gasteiger charge is -2.23. The summed E-state index contributed by atoms with van der Waals surface area (Å²) in [5.74, 6) is -0.279. The van der Waals surface area contributed by atoms with Gasteiger partial charge in [-0.2, -0.15) is 13.2 Å².